The van der Waals surface area contributed by atoms with Gasteiger partial charge in [0.2, 0.25) is 0 Å². The number of aromatic carboxylic acids is 1. The molecule has 0 aliphatic heterocycles. The summed E-state index contributed by atoms with van der Waals surface area (Å²) in [6, 6.07) is 5.00. The summed E-state index contributed by atoms with van der Waals surface area (Å²) in [7, 11) is 0. The second kappa shape index (κ2) is 12.0. The molecule has 2 heterocycles. The number of aromatic nitrogens is 2. The van der Waals surface area contributed by atoms with Crippen molar-refractivity contribution in [1.82, 2.24) is 14.9 Å². The molecule has 0 spiro atoms. The van der Waals surface area contributed by atoms with Gasteiger partial charge in [0.15, 0.2) is 11.6 Å². The second-order valence-electron chi connectivity index (χ2n) is 9.75. The number of benzene rings is 2. The first-order chi connectivity index (χ1) is 19.8. The molecule has 0 saturated carbocycles. The Morgan fingerprint density at radius 1 is 1.07 bits per heavy atom. The zero-order valence-corrected chi connectivity index (χ0v) is 23.2. The highest BCUT2D eigenvalue weighted by Crippen LogP contribution is 2.27. The number of carboxylic acids is 1. The van der Waals surface area contributed by atoms with Crippen LogP contribution in [-0.4, -0.2) is 45.5 Å². The van der Waals surface area contributed by atoms with Crippen LogP contribution < -0.4 is 26.0 Å². The largest absolute Gasteiger partial charge is 0.491 e. The standard InChI is InChI=1S/C27H24F3N3O8S/c1-27(2,3)41-26(38)31-8-9-39-19-7-6-16(29)21(30)14(19)11-40-13-4-5-15(28)18(10-13)33-23(34)20-17(32-25(33)37)12-42-22(20)24(35)36/h4-7,10,12H,8-9,11H2,1-3H3,(H,31,38)(H,32,37)(H,35,36). The molecule has 1 amide bonds. The number of H-pyrrole nitrogens is 1. The van der Waals surface area contributed by atoms with Crippen LogP contribution in [0.1, 0.15) is 36.0 Å². The van der Waals surface area contributed by atoms with Gasteiger partial charge in [0.1, 0.15) is 41.0 Å². The number of fused-ring (bicyclic) bond motifs is 1. The Kier molecular flexibility index (Phi) is 8.61. The Morgan fingerprint density at radius 3 is 2.48 bits per heavy atom. The van der Waals surface area contributed by atoms with Gasteiger partial charge in [-0.05, 0) is 45.0 Å². The Labute approximate surface area is 239 Å². The summed E-state index contributed by atoms with van der Waals surface area (Å²) >= 11 is 0.719. The number of carbonyl (C=O) groups excluding carboxylic acids is 1. The molecule has 15 heteroatoms. The van der Waals surface area contributed by atoms with E-state index in [0.29, 0.717) is 4.57 Å². The van der Waals surface area contributed by atoms with Crippen LogP contribution in [0.5, 0.6) is 11.5 Å². The number of ether oxygens (including phenoxy) is 3. The van der Waals surface area contributed by atoms with Crippen LogP contribution >= 0.6 is 11.3 Å². The van der Waals surface area contributed by atoms with Crippen molar-refractivity contribution in [2.75, 3.05) is 13.2 Å². The number of nitrogens with one attached hydrogen (secondary N) is 2. The molecule has 4 aromatic rings. The van der Waals surface area contributed by atoms with E-state index in [0.717, 1.165) is 41.7 Å². The Bertz CT molecular complexity index is 1790. The SMILES string of the molecule is CC(C)(C)OC(=O)NCCOc1ccc(F)c(F)c1COc1ccc(F)c(-n2c(=O)[nH]c3csc(C(=O)O)c3c2=O)c1. The fraction of sp³-hybridized carbons (Fsp3) is 0.259. The lowest BCUT2D eigenvalue weighted by Crippen LogP contribution is -2.34. The van der Waals surface area contributed by atoms with Crippen molar-refractivity contribution in [3.63, 3.8) is 0 Å². The minimum Gasteiger partial charge on any atom is -0.491 e. The average molecular weight is 608 g/mol. The van der Waals surface area contributed by atoms with Gasteiger partial charge in [0.05, 0.1) is 28.7 Å². The van der Waals surface area contributed by atoms with Crippen molar-refractivity contribution in [3.8, 4) is 17.2 Å². The first-order valence-electron chi connectivity index (χ1n) is 12.3. The second-order valence-corrected chi connectivity index (χ2v) is 10.6. The van der Waals surface area contributed by atoms with Crippen molar-refractivity contribution in [2.24, 2.45) is 0 Å². The molecular formula is C27H24F3N3O8S. The van der Waals surface area contributed by atoms with Gasteiger partial charge in [-0.1, -0.05) is 0 Å². The number of rotatable bonds is 9. The predicted molar refractivity (Wildman–Crippen MR) is 145 cm³/mol. The molecule has 0 fully saturated rings. The Morgan fingerprint density at radius 2 is 1.79 bits per heavy atom. The minimum atomic E-state index is -1.40. The van der Waals surface area contributed by atoms with Gasteiger partial charge in [-0.2, -0.15) is 0 Å². The molecule has 0 unspecified atom stereocenters. The summed E-state index contributed by atoms with van der Waals surface area (Å²) < 4.78 is 60.1. The fourth-order valence-electron chi connectivity index (χ4n) is 3.80. The highest BCUT2D eigenvalue weighted by Gasteiger charge is 2.22. The van der Waals surface area contributed by atoms with Crippen LogP contribution in [0.4, 0.5) is 18.0 Å². The van der Waals surface area contributed by atoms with Gasteiger partial charge >= 0.3 is 17.8 Å². The maximum absolute atomic E-state index is 14.8. The molecule has 222 valence electrons. The van der Waals surface area contributed by atoms with Crippen LogP contribution in [0, 0.1) is 17.5 Å². The van der Waals surface area contributed by atoms with Crippen LogP contribution in [0.2, 0.25) is 0 Å². The molecule has 4 rings (SSSR count). The van der Waals surface area contributed by atoms with E-state index >= 15 is 0 Å². The van der Waals surface area contributed by atoms with Gasteiger partial charge in [-0.15, -0.1) is 11.3 Å². The Hall–Kier alpha value is -4.79. The maximum Gasteiger partial charge on any atom is 0.407 e. The van der Waals surface area contributed by atoms with Gasteiger partial charge in [0.25, 0.3) is 5.56 Å². The molecule has 11 nitrogen and oxygen atoms in total. The third-order valence-corrected chi connectivity index (χ3v) is 6.54. The maximum atomic E-state index is 14.8. The van der Waals surface area contributed by atoms with Crippen molar-refractivity contribution in [3.05, 3.63) is 84.4 Å². The number of alkyl carbamates (subject to hydrolysis) is 1. The fourth-order valence-corrected chi connectivity index (χ4v) is 4.62. The number of aromatic amines is 1. The average Bonchev–Trinajstić information content (AvgIpc) is 3.33. The lowest BCUT2D eigenvalue weighted by Gasteiger charge is -2.20. The number of amides is 1. The molecule has 3 N–H and O–H groups in total. The topological polar surface area (TPSA) is 149 Å². The van der Waals surface area contributed by atoms with Gasteiger partial charge in [-0.3, -0.25) is 4.79 Å². The zero-order valence-electron chi connectivity index (χ0n) is 22.4. The number of halogens is 3. The van der Waals surface area contributed by atoms with Gasteiger partial charge in [-0.25, -0.2) is 32.1 Å². The number of thiophene rings is 1. The lowest BCUT2D eigenvalue weighted by molar-refractivity contribution is 0.0519. The van der Waals surface area contributed by atoms with E-state index in [1.54, 1.807) is 20.8 Å². The lowest BCUT2D eigenvalue weighted by atomic mass is 10.2. The van der Waals surface area contributed by atoms with Crippen LogP contribution in [0.15, 0.2) is 45.3 Å². The van der Waals surface area contributed by atoms with E-state index in [-0.39, 0.29) is 46.0 Å². The number of carboxylic acid groups (broad SMARTS) is 1. The number of hydrogen-bond donors (Lipinski definition) is 3. The van der Waals surface area contributed by atoms with Crippen molar-refractivity contribution in [1.29, 1.82) is 0 Å². The molecule has 42 heavy (non-hydrogen) atoms. The summed E-state index contributed by atoms with van der Waals surface area (Å²) in [5.41, 5.74) is -3.74. The van der Waals surface area contributed by atoms with Crippen LogP contribution in [0.25, 0.3) is 16.6 Å². The van der Waals surface area contributed by atoms with Gasteiger partial charge < -0.3 is 29.6 Å². The van der Waals surface area contributed by atoms with Crippen LogP contribution in [-0.2, 0) is 11.3 Å². The minimum absolute atomic E-state index is 0.0170. The normalized spacial score (nSPS) is 11.4. The Balaban J connectivity index is 1.56. The molecule has 0 aliphatic carbocycles. The summed E-state index contributed by atoms with van der Waals surface area (Å²) in [4.78, 5) is 51.0. The van der Waals surface area contributed by atoms with Crippen molar-refractivity contribution >= 4 is 34.3 Å². The van der Waals surface area contributed by atoms with Crippen molar-refractivity contribution in [2.45, 2.75) is 33.0 Å². The predicted octanol–water partition coefficient (Wildman–Crippen LogP) is 4.34. The molecular weight excluding hydrogens is 583 g/mol. The number of carbonyl (C=O) groups is 2. The molecule has 2 aromatic carbocycles. The third-order valence-electron chi connectivity index (χ3n) is 5.57. The first-order valence-corrected chi connectivity index (χ1v) is 13.1. The molecule has 0 bridgehead atoms. The quantitative estimate of drug-likeness (QED) is 0.238. The monoisotopic (exact) mass is 607 g/mol. The number of nitrogens with zero attached hydrogens (tertiary/aromatic N) is 1. The first kappa shape index (κ1) is 30.2. The molecule has 0 atom stereocenters. The molecule has 0 radical (unpaired) electrons. The highest BCUT2D eigenvalue weighted by molar-refractivity contribution is 7.13. The summed E-state index contributed by atoms with van der Waals surface area (Å²) in [6.45, 7) is 4.31. The van der Waals surface area contributed by atoms with E-state index in [1.807, 2.05) is 0 Å². The van der Waals surface area contributed by atoms with E-state index in [1.165, 1.54) is 5.38 Å². The van der Waals surface area contributed by atoms with E-state index in [4.69, 9.17) is 14.2 Å². The van der Waals surface area contributed by atoms with Gasteiger partial charge in [0, 0.05) is 11.4 Å². The smallest absolute Gasteiger partial charge is 0.407 e. The summed E-state index contributed by atoms with van der Waals surface area (Å²) in [6.07, 6.45) is -0.692. The van der Waals surface area contributed by atoms with E-state index in [2.05, 4.69) is 10.3 Å². The number of hydrogen-bond acceptors (Lipinski definition) is 8. The summed E-state index contributed by atoms with van der Waals surface area (Å²) in [5.74, 6) is -5.11. The third kappa shape index (κ3) is 6.57. The van der Waals surface area contributed by atoms with E-state index < -0.39 is 58.7 Å². The molecule has 2 aromatic heterocycles. The van der Waals surface area contributed by atoms with Crippen LogP contribution in [0.3, 0.4) is 0 Å². The molecule has 0 aliphatic rings. The van der Waals surface area contributed by atoms with Crippen molar-refractivity contribution < 1.29 is 42.1 Å². The zero-order chi connectivity index (χ0) is 30.8. The highest BCUT2D eigenvalue weighted by atomic mass is 32.1. The summed E-state index contributed by atoms with van der Waals surface area (Å²) in [5, 5.41) is 12.8. The van der Waals surface area contributed by atoms with E-state index in [9.17, 15) is 37.5 Å². The molecule has 0 saturated heterocycles.